The summed E-state index contributed by atoms with van der Waals surface area (Å²) in [7, 11) is 2.13. The third-order valence-corrected chi connectivity index (χ3v) is 5.32. The van der Waals surface area contributed by atoms with Crippen LogP contribution in [0.5, 0.6) is 0 Å². The molecule has 138 valence electrons. The zero-order valence-electron chi connectivity index (χ0n) is 15.5. The molecule has 3 rings (SSSR count). The molecule has 1 fully saturated rings. The van der Waals surface area contributed by atoms with Gasteiger partial charge in [0.05, 0.1) is 0 Å². The molecule has 26 heavy (non-hydrogen) atoms. The highest BCUT2D eigenvalue weighted by Crippen LogP contribution is 2.38. The average molecular weight is 353 g/mol. The normalized spacial score (nSPS) is 19.1. The van der Waals surface area contributed by atoms with Crippen molar-refractivity contribution in [2.75, 3.05) is 20.1 Å². The number of pyridine rings is 1. The summed E-state index contributed by atoms with van der Waals surface area (Å²) in [5.74, 6) is 2.82. The second kappa shape index (κ2) is 8.41. The minimum Gasteiger partial charge on any atom is -0.335 e. The van der Waals surface area contributed by atoms with Crippen molar-refractivity contribution in [3.8, 4) is 12.3 Å². The molecule has 1 aromatic rings. The Kier molecular flexibility index (Phi) is 6.00. The van der Waals surface area contributed by atoms with Crippen LogP contribution in [-0.2, 0) is 11.3 Å². The van der Waals surface area contributed by atoms with Gasteiger partial charge in [0.1, 0.15) is 0 Å². The molecule has 1 aromatic heterocycles. The van der Waals surface area contributed by atoms with E-state index in [1.165, 1.54) is 0 Å². The Morgan fingerprint density at radius 1 is 1.38 bits per heavy atom. The van der Waals surface area contributed by atoms with Crippen LogP contribution in [0.25, 0.3) is 0 Å². The van der Waals surface area contributed by atoms with Crippen LogP contribution in [0.15, 0.2) is 34.8 Å². The number of carbonyl (C=O) groups excluding carboxylic acids is 1. The lowest BCUT2D eigenvalue weighted by Crippen LogP contribution is -2.46. The third-order valence-electron chi connectivity index (χ3n) is 5.32. The maximum Gasteiger partial charge on any atom is 0.223 e. The lowest BCUT2D eigenvalue weighted by Gasteiger charge is -2.37. The van der Waals surface area contributed by atoms with Gasteiger partial charge in [0.15, 0.2) is 5.66 Å². The van der Waals surface area contributed by atoms with Crippen LogP contribution in [0.2, 0.25) is 0 Å². The van der Waals surface area contributed by atoms with E-state index in [-0.39, 0.29) is 11.9 Å². The number of hydrogen-bond acceptors (Lipinski definition) is 5. The van der Waals surface area contributed by atoms with Crippen molar-refractivity contribution in [1.29, 1.82) is 0 Å². The Morgan fingerprint density at radius 3 is 2.77 bits per heavy atom. The van der Waals surface area contributed by atoms with Gasteiger partial charge in [-0.25, -0.2) is 0 Å². The number of terminal acetylenes is 1. The van der Waals surface area contributed by atoms with Crippen molar-refractivity contribution in [2.24, 2.45) is 10.2 Å². The molecule has 0 radical (unpaired) electrons. The van der Waals surface area contributed by atoms with Crippen molar-refractivity contribution in [2.45, 2.75) is 56.8 Å². The fourth-order valence-electron chi connectivity index (χ4n) is 3.53. The number of rotatable bonds is 8. The smallest absolute Gasteiger partial charge is 0.223 e. The molecule has 2 aliphatic heterocycles. The fourth-order valence-corrected chi connectivity index (χ4v) is 3.53. The van der Waals surface area contributed by atoms with Gasteiger partial charge < -0.3 is 9.80 Å². The Balaban J connectivity index is 1.62. The van der Waals surface area contributed by atoms with Gasteiger partial charge in [-0.05, 0) is 44.6 Å². The molecule has 2 aliphatic rings. The lowest BCUT2D eigenvalue weighted by atomic mass is 9.99. The Labute approximate surface area is 155 Å². The molecule has 3 heterocycles. The Morgan fingerprint density at radius 2 is 2.15 bits per heavy atom. The second-order valence-electron chi connectivity index (χ2n) is 7.30. The molecule has 6 nitrogen and oxygen atoms in total. The van der Waals surface area contributed by atoms with E-state index >= 15 is 0 Å². The summed E-state index contributed by atoms with van der Waals surface area (Å²) in [6, 6.07) is 4.24. The zero-order valence-corrected chi connectivity index (χ0v) is 15.5. The van der Waals surface area contributed by atoms with Gasteiger partial charge in [-0.1, -0.05) is 6.07 Å². The summed E-state index contributed by atoms with van der Waals surface area (Å²) >= 11 is 0. The van der Waals surface area contributed by atoms with E-state index in [1.54, 1.807) is 6.20 Å². The standard InChI is InChI=1S/C20H27N5O/c1-3-4-10-20(22-23-20)11-7-19(26)25(16-17-6-5-12-21-15-17)18-8-13-24(2)14-9-18/h1,5-6,12,15,18H,4,7-11,13-14,16H2,2H3. The van der Waals surface area contributed by atoms with Crippen LogP contribution in [0.3, 0.4) is 0 Å². The molecule has 0 aliphatic carbocycles. The molecule has 1 amide bonds. The first-order valence-electron chi connectivity index (χ1n) is 9.36. The summed E-state index contributed by atoms with van der Waals surface area (Å²) in [4.78, 5) is 21.6. The molecule has 0 spiro atoms. The summed E-state index contributed by atoms with van der Waals surface area (Å²) in [6.07, 6.45) is 13.5. The maximum absolute atomic E-state index is 13.0. The maximum atomic E-state index is 13.0. The number of aromatic nitrogens is 1. The SMILES string of the molecule is C#CCCC1(CCC(=O)N(Cc2cccnc2)C2CCN(C)CC2)N=N1. The van der Waals surface area contributed by atoms with Gasteiger partial charge in [0.2, 0.25) is 5.91 Å². The van der Waals surface area contributed by atoms with Gasteiger partial charge in [0, 0.05) is 50.7 Å². The van der Waals surface area contributed by atoms with Crippen LogP contribution in [-0.4, -0.2) is 52.5 Å². The minimum atomic E-state index is -0.394. The molecule has 0 bridgehead atoms. The van der Waals surface area contributed by atoms with Crippen molar-refractivity contribution in [1.82, 2.24) is 14.8 Å². The first-order valence-corrected chi connectivity index (χ1v) is 9.36. The van der Waals surface area contributed by atoms with Crippen LogP contribution in [0.4, 0.5) is 0 Å². The van der Waals surface area contributed by atoms with E-state index < -0.39 is 5.66 Å². The van der Waals surface area contributed by atoms with Crippen LogP contribution in [0, 0.1) is 12.3 Å². The van der Waals surface area contributed by atoms with E-state index in [0.717, 1.165) is 37.9 Å². The summed E-state index contributed by atoms with van der Waals surface area (Å²) in [5, 5.41) is 8.30. The topological polar surface area (TPSA) is 61.2 Å². The molecule has 0 aromatic carbocycles. The van der Waals surface area contributed by atoms with E-state index in [9.17, 15) is 4.79 Å². The number of likely N-dealkylation sites (tertiary alicyclic amines) is 1. The molecule has 0 atom stereocenters. The van der Waals surface area contributed by atoms with Crippen LogP contribution >= 0.6 is 0 Å². The zero-order chi connectivity index (χ0) is 18.4. The van der Waals surface area contributed by atoms with Crippen LogP contribution < -0.4 is 0 Å². The predicted molar refractivity (Wildman–Crippen MR) is 100 cm³/mol. The van der Waals surface area contributed by atoms with Gasteiger partial charge in [-0.3, -0.25) is 9.78 Å². The summed E-state index contributed by atoms with van der Waals surface area (Å²) in [5.41, 5.74) is 0.678. The first kappa shape index (κ1) is 18.5. The highest BCUT2D eigenvalue weighted by molar-refractivity contribution is 5.76. The highest BCUT2D eigenvalue weighted by atomic mass is 16.2. The summed E-state index contributed by atoms with van der Waals surface area (Å²) < 4.78 is 0. The molecular weight excluding hydrogens is 326 g/mol. The van der Waals surface area contributed by atoms with E-state index in [1.807, 2.05) is 23.2 Å². The number of hydrogen-bond donors (Lipinski definition) is 0. The molecule has 0 saturated carbocycles. The number of nitrogens with zero attached hydrogens (tertiary/aromatic N) is 5. The monoisotopic (exact) mass is 353 g/mol. The van der Waals surface area contributed by atoms with Gasteiger partial charge in [0.25, 0.3) is 0 Å². The van der Waals surface area contributed by atoms with Gasteiger partial charge in [-0.2, -0.15) is 10.2 Å². The molecular formula is C20H27N5O. The van der Waals surface area contributed by atoms with E-state index in [2.05, 4.69) is 33.1 Å². The van der Waals surface area contributed by atoms with Crippen molar-refractivity contribution in [3.63, 3.8) is 0 Å². The van der Waals surface area contributed by atoms with Crippen molar-refractivity contribution < 1.29 is 4.79 Å². The number of piperidine rings is 1. The first-order chi connectivity index (χ1) is 12.6. The van der Waals surface area contributed by atoms with E-state index in [4.69, 9.17) is 6.42 Å². The van der Waals surface area contributed by atoms with Crippen molar-refractivity contribution in [3.05, 3.63) is 30.1 Å². The quantitative estimate of drug-likeness (QED) is 0.675. The Hall–Kier alpha value is -2.26. The average Bonchev–Trinajstić information content (AvgIpc) is 3.45. The minimum absolute atomic E-state index is 0.181. The highest BCUT2D eigenvalue weighted by Gasteiger charge is 2.40. The molecule has 0 N–H and O–H groups in total. The number of amides is 1. The predicted octanol–water partition coefficient (Wildman–Crippen LogP) is 2.86. The lowest BCUT2D eigenvalue weighted by molar-refractivity contribution is -0.135. The fraction of sp³-hybridized carbons (Fsp3) is 0.600. The van der Waals surface area contributed by atoms with Gasteiger partial charge in [-0.15, -0.1) is 12.3 Å². The largest absolute Gasteiger partial charge is 0.335 e. The van der Waals surface area contributed by atoms with Crippen molar-refractivity contribution >= 4 is 5.91 Å². The Bertz CT molecular complexity index is 667. The van der Waals surface area contributed by atoms with E-state index in [0.29, 0.717) is 25.8 Å². The molecule has 0 unspecified atom stereocenters. The van der Waals surface area contributed by atoms with Gasteiger partial charge >= 0.3 is 0 Å². The third kappa shape index (κ3) is 4.89. The second-order valence-corrected chi connectivity index (χ2v) is 7.30. The number of carbonyl (C=O) groups is 1. The van der Waals surface area contributed by atoms with Crippen LogP contribution in [0.1, 0.15) is 44.1 Å². The molecule has 6 heteroatoms. The molecule has 1 saturated heterocycles. The summed E-state index contributed by atoms with van der Waals surface area (Å²) in [6.45, 7) is 2.67.